The van der Waals surface area contributed by atoms with Crippen molar-refractivity contribution >= 4 is 17.6 Å². The topological polar surface area (TPSA) is 67.2 Å². The molecule has 0 unspecified atom stereocenters. The third-order valence-corrected chi connectivity index (χ3v) is 3.74. The van der Waals surface area contributed by atoms with Crippen LogP contribution in [0.1, 0.15) is 36.9 Å². The minimum atomic E-state index is 0.742. The number of aromatic nitrogens is 2. The van der Waals surface area contributed by atoms with Gasteiger partial charge in [-0.3, -0.25) is 9.48 Å². The van der Waals surface area contributed by atoms with Gasteiger partial charge in [0.15, 0.2) is 6.29 Å². The van der Waals surface area contributed by atoms with Crippen LogP contribution in [-0.2, 0) is 6.54 Å². The first kappa shape index (κ1) is 30.2. The van der Waals surface area contributed by atoms with Gasteiger partial charge in [0.05, 0.1) is 9.75 Å². The summed E-state index contributed by atoms with van der Waals surface area (Å²) >= 11 is 1.47. The fourth-order valence-electron chi connectivity index (χ4n) is 1.37. The van der Waals surface area contributed by atoms with E-state index in [-0.39, 0.29) is 0 Å². The molecule has 6 heteroatoms. The number of hydroxylamine groups is 1. The van der Waals surface area contributed by atoms with Crippen molar-refractivity contribution in [1.82, 2.24) is 15.3 Å². The van der Waals surface area contributed by atoms with Gasteiger partial charge in [0.25, 0.3) is 0 Å². The van der Waals surface area contributed by atoms with Crippen LogP contribution in [0.5, 0.6) is 0 Å². The van der Waals surface area contributed by atoms with Crippen molar-refractivity contribution in [1.29, 1.82) is 0 Å². The lowest BCUT2D eigenvalue weighted by atomic mass is 10.2. The number of carbonyl (C=O) groups is 1. The Morgan fingerprint density at radius 2 is 1.82 bits per heavy atom. The van der Waals surface area contributed by atoms with E-state index in [2.05, 4.69) is 44.9 Å². The van der Waals surface area contributed by atoms with Crippen LogP contribution in [0.4, 0.5) is 0 Å². The highest BCUT2D eigenvalue weighted by Crippen LogP contribution is 2.25. The fraction of sp³-hybridized carbons (Fsp3) is 0.273. The molecule has 2 aromatic heterocycles. The molecule has 0 aliphatic heterocycles. The van der Waals surface area contributed by atoms with Gasteiger partial charge in [-0.25, -0.2) is 5.48 Å². The summed E-state index contributed by atoms with van der Waals surface area (Å²) in [5, 5.41) is 11.7. The molecular formula is C22H35N3O2S. The molecule has 0 aliphatic carbocycles. The minimum Gasteiger partial charge on any atom is -0.317 e. The van der Waals surface area contributed by atoms with Crippen molar-refractivity contribution in [2.24, 2.45) is 0 Å². The second-order valence-corrected chi connectivity index (χ2v) is 5.84. The van der Waals surface area contributed by atoms with Crippen molar-refractivity contribution in [2.45, 2.75) is 33.7 Å². The Hall–Kier alpha value is -2.54. The van der Waals surface area contributed by atoms with Gasteiger partial charge in [-0.1, -0.05) is 37.8 Å². The zero-order valence-corrected chi connectivity index (χ0v) is 18.5. The van der Waals surface area contributed by atoms with Crippen LogP contribution < -0.4 is 5.48 Å². The van der Waals surface area contributed by atoms with Gasteiger partial charge in [-0.15, -0.1) is 31.1 Å². The lowest BCUT2D eigenvalue weighted by Crippen LogP contribution is -1.93. The first-order valence-corrected chi connectivity index (χ1v) is 9.56. The molecule has 0 spiro atoms. The van der Waals surface area contributed by atoms with E-state index in [9.17, 15) is 4.79 Å². The zero-order valence-electron chi connectivity index (χ0n) is 17.6. The van der Waals surface area contributed by atoms with Gasteiger partial charge in [-0.2, -0.15) is 5.10 Å². The molecule has 2 N–H and O–H groups in total. The van der Waals surface area contributed by atoms with Gasteiger partial charge in [0.2, 0.25) is 0 Å². The number of nitrogens with one attached hydrogen (secondary N) is 1. The number of rotatable bonds is 5. The van der Waals surface area contributed by atoms with Crippen molar-refractivity contribution in [3.05, 3.63) is 79.9 Å². The van der Waals surface area contributed by atoms with Gasteiger partial charge in [0.1, 0.15) is 5.69 Å². The highest BCUT2D eigenvalue weighted by Gasteiger charge is 2.04. The third-order valence-electron chi connectivity index (χ3n) is 2.70. The Kier molecular flexibility index (Phi) is 24.3. The van der Waals surface area contributed by atoms with Gasteiger partial charge in [0, 0.05) is 19.8 Å². The average Bonchev–Trinajstić information content (AvgIpc) is 3.39. The normalized spacial score (nSPS) is 8.04. The van der Waals surface area contributed by atoms with Crippen LogP contribution >= 0.6 is 11.3 Å². The summed E-state index contributed by atoms with van der Waals surface area (Å²) < 4.78 is 1.87. The van der Waals surface area contributed by atoms with Crippen molar-refractivity contribution in [3.63, 3.8) is 0 Å². The molecule has 0 saturated carbocycles. The molecule has 2 heterocycles. The average molecular weight is 406 g/mol. The molecule has 0 aromatic carbocycles. The zero-order chi connectivity index (χ0) is 22.4. The van der Waals surface area contributed by atoms with E-state index in [0.29, 0.717) is 0 Å². The highest BCUT2D eigenvalue weighted by atomic mass is 32.1. The minimum absolute atomic E-state index is 0.742. The maximum absolute atomic E-state index is 10.5. The number of aldehydes is 1. The van der Waals surface area contributed by atoms with Crippen LogP contribution in [0.15, 0.2) is 75.0 Å². The smallest absolute Gasteiger partial charge is 0.160 e. The molecule has 0 fully saturated rings. The fourth-order valence-corrected chi connectivity index (χ4v) is 2.16. The molecule has 0 amide bonds. The van der Waals surface area contributed by atoms with Crippen molar-refractivity contribution in [3.8, 4) is 10.6 Å². The molecule has 156 valence electrons. The second-order valence-electron chi connectivity index (χ2n) is 4.72. The Balaban J connectivity index is -0.000000374. The molecule has 2 rings (SSSR count). The van der Waals surface area contributed by atoms with Gasteiger partial charge < -0.3 is 5.21 Å². The molecule has 0 atom stereocenters. The van der Waals surface area contributed by atoms with E-state index in [1.807, 2.05) is 42.9 Å². The Morgan fingerprint density at radius 1 is 1.29 bits per heavy atom. The molecule has 0 radical (unpaired) electrons. The molecule has 0 aliphatic rings. The lowest BCUT2D eigenvalue weighted by molar-refractivity contribution is 0.112. The quantitative estimate of drug-likeness (QED) is 0.270. The summed E-state index contributed by atoms with van der Waals surface area (Å²) in [6, 6.07) is 5.71. The summed E-state index contributed by atoms with van der Waals surface area (Å²) in [6.07, 6.45) is 7.35. The number of nitrogens with zero attached hydrogens (tertiary/aromatic N) is 2. The van der Waals surface area contributed by atoms with Crippen LogP contribution in [-0.4, -0.2) is 28.3 Å². The maximum atomic E-state index is 10.5. The molecule has 0 bridgehead atoms. The van der Waals surface area contributed by atoms with E-state index in [4.69, 9.17) is 5.21 Å². The molecule has 5 nitrogen and oxygen atoms in total. The Labute approximate surface area is 174 Å². The predicted octanol–water partition coefficient (Wildman–Crippen LogP) is 6.17. The summed E-state index contributed by atoms with van der Waals surface area (Å²) in [5.74, 6) is 0. The van der Waals surface area contributed by atoms with Gasteiger partial charge >= 0.3 is 0 Å². The second kappa shape index (κ2) is 22.5. The Bertz CT molecular complexity index is 660. The van der Waals surface area contributed by atoms with Crippen molar-refractivity contribution < 1.29 is 10.0 Å². The van der Waals surface area contributed by atoms with Crippen LogP contribution in [0.2, 0.25) is 0 Å². The predicted molar refractivity (Wildman–Crippen MR) is 124 cm³/mol. The Morgan fingerprint density at radius 3 is 2.11 bits per heavy atom. The molecule has 0 saturated heterocycles. The standard InChI is InChI=1S/C10H10N2OS.C6H10.C3H6.C2H4.CH5NO/c1-2-12-6-5-9(11-12)10-4-3-8(7-13)14-10;1-4-6(3)5-2;1-3-2;1-2;1-2-3/h3-7H,2H2,1H3;4H,1,3,5H2,2H3;3H,1H2,2H3;1-2H2;2-3H,1H3. The number of hydrogen-bond acceptors (Lipinski definition) is 5. The summed E-state index contributed by atoms with van der Waals surface area (Å²) in [5.41, 5.74) is 3.79. The maximum Gasteiger partial charge on any atom is 0.160 e. The number of hydrogen-bond donors (Lipinski definition) is 2. The van der Waals surface area contributed by atoms with E-state index in [1.165, 1.54) is 18.4 Å². The van der Waals surface area contributed by atoms with E-state index in [1.54, 1.807) is 17.6 Å². The van der Waals surface area contributed by atoms with E-state index in [0.717, 1.165) is 40.3 Å². The number of thiophene rings is 1. The lowest BCUT2D eigenvalue weighted by Gasteiger charge is -1.91. The number of aryl methyl sites for hydroxylation is 1. The van der Waals surface area contributed by atoms with Crippen molar-refractivity contribution in [2.75, 3.05) is 7.05 Å². The SMILES string of the molecule is C=C.C=CC.C=CC(=C)CC.CCn1ccc(-c2ccc(C=O)s2)n1.CNO. The summed E-state index contributed by atoms with van der Waals surface area (Å²) in [4.78, 5) is 12.3. The van der Waals surface area contributed by atoms with Crippen LogP contribution in [0.25, 0.3) is 10.6 Å². The van der Waals surface area contributed by atoms with E-state index < -0.39 is 0 Å². The largest absolute Gasteiger partial charge is 0.317 e. The summed E-state index contributed by atoms with van der Waals surface area (Å²) in [6.45, 7) is 23.4. The molecule has 28 heavy (non-hydrogen) atoms. The number of allylic oxidation sites excluding steroid dienone is 3. The first-order chi connectivity index (χ1) is 13.5. The summed E-state index contributed by atoms with van der Waals surface area (Å²) in [7, 11) is 1.43. The molecular weight excluding hydrogens is 370 g/mol. The first-order valence-electron chi connectivity index (χ1n) is 8.74. The molecule has 2 aromatic rings. The number of carbonyl (C=O) groups excluding carboxylic acids is 1. The van der Waals surface area contributed by atoms with Gasteiger partial charge in [-0.05, 0) is 38.5 Å². The van der Waals surface area contributed by atoms with E-state index >= 15 is 0 Å². The van der Waals surface area contributed by atoms with Crippen LogP contribution in [0, 0.1) is 0 Å². The monoisotopic (exact) mass is 405 g/mol. The third kappa shape index (κ3) is 15.7. The highest BCUT2D eigenvalue weighted by molar-refractivity contribution is 7.17. The van der Waals surface area contributed by atoms with Crippen LogP contribution in [0.3, 0.4) is 0 Å².